The maximum absolute atomic E-state index is 13.0. The number of nitrogens with one attached hydrogen (secondary N) is 1. The number of rotatable bonds is 4. The van der Waals surface area contributed by atoms with Crippen LogP contribution in [0.15, 0.2) is 47.4 Å². The molecule has 0 atom stereocenters. The molecule has 0 saturated heterocycles. The molecule has 8 heteroatoms. The normalized spacial score (nSPS) is 11.0. The highest BCUT2D eigenvalue weighted by atomic mass is 32.1. The number of carbonyl (C=O) groups excluding carboxylic acids is 1. The highest BCUT2D eigenvalue weighted by Crippen LogP contribution is 2.24. The van der Waals surface area contributed by atoms with E-state index < -0.39 is 0 Å². The van der Waals surface area contributed by atoms with Crippen molar-refractivity contribution in [1.29, 1.82) is 0 Å². The van der Waals surface area contributed by atoms with Gasteiger partial charge < -0.3 is 5.32 Å². The lowest BCUT2D eigenvalue weighted by atomic mass is 10.2. The molecule has 3 aromatic heterocycles. The second-order valence-electron chi connectivity index (χ2n) is 5.07. The summed E-state index contributed by atoms with van der Waals surface area (Å²) in [5.41, 5.74) is 2.44. The second kappa shape index (κ2) is 6.14. The lowest BCUT2D eigenvalue weighted by molar-refractivity contribution is -0.115. The molecule has 0 fully saturated rings. The van der Waals surface area contributed by atoms with Crippen LogP contribution in [0.25, 0.3) is 16.2 Å². The fourth-order valence-electron chi connectivity index (χ4n) is 2.33. The average Bonchev–Trinajstić information content (AvgIpc) is 3.27. The van der Waals surface area contributed by atoms with Crippen LogP contribution in [0, 0.1) is 5.82 Å². The molecule has 0 aliphatic heterocycles. The van der Waals surface area contributed by atoms with Gasteiger partial charge in [0.2, 0.25) is 5.91 Å². The molecule has 5 nitrogen and oxygen atoms in total. The molecule has 0 radical (unpaired) electrons. The number of aromatic nitrogens is 3. The number of hydrogen-bond donors (Lipinski definition) is 1. The van der Waals surface area contributed by atoms with Gasteiger partial charge in [0, 0.05) is 34.4 Å². The van der Waals surface area contributed by atoms with Crippen LogP contribution in [-0.2, 0) is 11.2 Å². The van der Waals surface area contributed by atoms with Crippen molar-refractivity contribution in [2.45, 2.75) is 6.42 Å². The van der Waals surface area contributed by atoms with Crippen LogP contribution in [0.4, 0.5) is 9.52 Å². The van der Waals surface area contributed by atoms with Crippen molar-refractivity contribution in [2.24, 2.45) is 0 Å². The number of amides is 1. The lowest BCUT2D eigenvalue weighted by Crippen LogP contribution is -2.15. The van der Waals surface area contributed by atoms with Crippen LogP contribution in [0.5, 0.6) is 0 Å². The highest BCUT2D eigenvalue weighted by molar-refractivity contribution is 7.15. The summed E-state index contributed by atoms with van der Waals surface area (Å²) in [5, 5.41) is 7.08. The van der Waals surface area contributed by atoms with Crippen molar-refractivity contribution in [3.05, 3.63) is 58.9 Å². The smallest absolute Gasteiger partial charge is 0.232 e. The van der Waals surface area contributed by atoms with Crippen LogP contribution in [0.2, 0.25) is 0 Å². The van der Waals surface area contributed by atoms with E-state index in [2.05, 4.69) is 15.3 Å². The lowest BCUT2D eigenvalue weighted by Gasteiger charge is -2.01. The van der Waals surface area contributed by atoms with Crippen LogP contribution < -0.4 is 5.32 Å². The Kier molecular flexibility index (Phi) is 3.83. The number of halogens is 1. The molecule has 4 rings (SSSR count). The van der Waals surface area contributed by atoms with Crippen LogP contribution in [0.3, 0.4) is 0 Å². The van der Waals surface area contributed by atoms with Crippen molar-refractivity contribution in [3.63, 3.8) is 0 Å². The zero-order valence-electron chi connectivity index (χ0n) is 12.3. The van der Waals surface area contributed by atoms with Gasteiger partial charge in [-0.1, -0.05) is 0 Å². The Morgan fingerprint density at radius 3 is 2.83 bits per heavy atom. The zero-order valence-corrected chi connectivity index (χ0v) is 13.9. The van der Waals surface area contributed by atoms with Crippen molar-refractivity contribution >= 4 is 38.7 Å². The predicted molar refractivity (Wildman–Crippen MR) is 92.9 cm³/mol. The summed E-state index contributed by atoms with van der Waals surface area (Å²) in [6.07, 6.45) is 3.75. The first-order valence-corrected chi connectivity index (χ1v) is 8.86. The zero-order chi connectivity index (χ0) is 16.5. The monoisotopic (exact) mass is 358 g/mol. The third kappa shape index (κ3) is 2.93. The minimum absolute atomic E-state index is 0.123. The van der Waals surface area contributed by atoms with Gasteiger partial charge in [-0.15, -0.1) is 22.7 Å². The van der Waals surface area contributed by atoms with E-state index in [1.807, 2.05) is 21.4 Å². The largest absolute Gasteiger partial charge is 0.302 e. The third-order valence-electron chi connectivity index (χ3n) is 3.44. The van der Waals surface area contributed by atoms with E-state index in [4.69, 9.17) is 0 Å². The van der Waals surface area contributed by atoms with Gasteiger partial charge in [0.1, 0.15) is 5.82 Å². The Balaban J connectivity index is 1.58. The standard InChI is InChI=1S/C16H11FN4OS2/c17-11-3-1-10(2-4-11)13-8-21-12(9-24-16(21)19-13)7-14(22)20-15-18-5-6-23-15/h1-6,8-9H,7H2,(H,18,20,22). The van der Waals surface area contributed by atoms with E-state index in [1.54, 1.807) is 18.3 Å². The van der Waals surface area contributed by atoms with E-state index in [9.17, 15) is 9.18 Å². The van der Waals surface area contributed by atoms with E-state index in [1.165, 1.54) is 34.8 Å². The number of hydrogen-bond acceptors (Lipinski definition) is 5. The van der Waals surface area contributed by atoms with Gasteiger partial charge >= 0.3 is 0 Å². The summed E-state index contributed by atoms with van der Waals surface area (Å²) in [6.45, 7) is 0. The molecule has 120 valence electrons. The number of carbonyl (C=O) groups is 1. The number of anilines is 1. The van der Waals surface area contributed by atoms with E-state index >= 15 is 0 Å². The number of nitrogens with zero attached hydrogens (tertiary/aromatic N) is 3. The van der Waals surface area contributed by atoms with Crippen molar-refractivity contribution in [3.8, 4) is 11.3 Å². The molecule has 0 aliphatic rings. The van der Waals surface area contributed by atoms with Gasteiger partial charge in [0.15, 0.2) is 10.1 Å². The number of benzene rings is 1. The molecular formula is C16H11FN4OS2. The molecule has 1 aromatic carbocycles. The molecule has 0 saturated carbocycles. The summed E-state index contributed by atoms with van der Waals surface area (Å²) < 4.78 is 14.9. The first-order chi connectivity index (χ1) is 11.7. The summed E-state index contributed by atoms with van der Waals surface area (Å²) >= 11 is 2.85. The first kappa shape index (κ1) is 15.0. The van der Waals surface area contributed by atoms with Crippen LogP contribution >= 0.6 is 22.7 Å². The Bertz CT molecular complexity index is 989. The van der Waals surface area contributed by atoms with Gasteiger partial charge in [-0.2, -0.15) is 0 Å². The average molecular weight is 358 g/mol. The van der Waals surface area contributed by atoms with Gasteiger partial charge in [-0.25, -0.2) is 14.4 Å². The van der Waals surface area contributed by atoms with E-state index in [-0.39, 0.29) is 18.1 Å². The van der Waals surface area contributed by atoms with Gasteiger partial charge in [0.05, 0.1) is 12.1 Å². The molecule has 0 aliphatic carbocycles. The van der Waals surface area contributed by atoms with Gasteiger partial charge in [-0.3, -0.25) is 9.20 Å². The fourth-order valence-corrected chi connectivity index (χ4v) is 3.75. The minimum Gasteiger partial charge on any atom is -0.302 e. The quantitative estimate of drug-likeness (QED) is 0.603. The highest BCUT2D eigenvalue weighted by Gasteiger charge is 2.13. The first-order valence-electron chi connectivity index (χ1n) is 7.10. The summed E-state index contributed by atoms with van der Waals surface area (Å²) in [5.74, 6) is -0.402. The fraction of sp³-hybridized carbons (Fsp3) is 0.0625. The number of fused-ring (bicyclic) bond motifs is 1. The molecule has 0 unspecified atom stereocenters. The van der Waals surface area contributed by atoms with Crippen molar-refractivity contribution in [1.82, 2.24) is 14.4 Å². The summed E-state index contributed by atoms with van der Waals surface area (Å²) in [6, 6.07) is 6.20. The second-order valence-corrected chi connectivity index (χ2v) is 6.81. The molecule has 3 heterocycles. The Morgan fingerprint density at radius 1 is 1.25 bits per heavy atom. The Hall–Kier alpha value is -2.58. The maximum Gasteiger partial charge on any atom is 0.232 e. The summed E-state index contributed by atoms with van der Waals surface area (Å²) in [4.78, 5) is 21.5. The van der Waals surface area contributed by atoms with Gasteiger partial charge in [0.25, 0.3) is 0 Å². The molecule has 1 amide bonds. The molecule has 24 heavy (non-hydrogen) atoms. The molecule has 0 spiro atoms. The predicted octanol–water partition coefficient (Wildman–Crippen LogP) is 3.84. The molecule has 1 N–H and O–H groups in total. The number of thiazole rings is 2. The minimum atomic E-state index is -0.278. The van der Waals surface area contributed by atoms with Crippen LogP contribution in [-0.4, -0.2) is 20.3 Å². The van der Waals surface area contributed by atoms with Crippen LogP contribution in [0.1, 0.15) is 5.69 Å². The molecule has 0 bridgehead atoms. The Labute approximate surface area is 144 Å². The topological polar surface area (TPSA) is 59.3 Å². The Morgan fingerprint density at radius 2 is 2.08 bits per heavy atom. The van der Waals surface area contributed by atoms with Gasteiger partial charge in [-0.05, 0) is 24.3 Å². The maximum atomic E-state index is 13.0. The van der Waals surface area contributed by atoms with E-state index in [0.717, 1.165) is 21.9 Å². The summed E-state index contributed by atoms with van der Waals surface area (Å²) in [7, 11) is 0. The van der Waals surface area contributed by atoms with E-state index in [0.29, 0.717) is 5.13 Å². The molecular weight excluding hydrogens is 347 g/mol. The molecule has 4 aromatic rings. The third-order valence-corrected chi connectivity index (χ3v) is 5.02. The van der Waals surface area contributed by atoms with Crippen molar-refractivity contribution in [2.75, 3.05) is 5.32 Å². The van der Waals surface area contributed by atoms with Crippen molar-refractivity contribution < 1.29 is 9.18 Å². The SMILES string of the molecule is O=C(Cc1csc2nc(-c3ccc(F)cc3)cn12)Nc1nccs1. The number of imidazole rings is 1.